The second-order valence-corrected chi connectivity index (χ2v) is 12.9. The van der Waals surface area contributed by atoms with Crippen molar-refractivity contribution in [2.45, 2.75) is 82.7 Å². The molecule has 3 aliphatic carbocycles. The van der Waals surface area contributed by atoms with Crippen LogP contribution in [0.2, 0.25) is 0 Å². The van der Waals surface area contributed by atoms with Gasteiger partial charge in [0.25, 0.3) is 0 Å². The number of methoxy groups -OCH3 is 1. The number of rotatable bonds is 2. The first-order chi connectivity index (χ1) is 17.8. The van der Waals surface area contributed by atoms with Crippen LogP contribution in [0.15, 0.2) is 11.6 Å². The molecule has 1 unspecified atom stereocenters. The van der Waals surface area contributed by atoms with Crippen molar-refractivity contribution < 1.29 is 43.5 Å². The molecule has 0 aromatic heterocycles. The normalized spacial score (nSPS) is 42.9. The van der Waals surface area contributed by atoms with Crippen LogP contribution in [0.5, 0.6) is 17.2 Å². The molecule has 6 aliphatic rings. The molecular weight excluding hydrogens is 492 g/mol. The molecule has 2 N–H and O–H groups in total. The predicted octanol–water partition coefficient (Wildman–Crippen LogP) is 3.33. The first-order valence-electron chi connectivity index (χ1n) is 13.3. The zero-order valence-corrected chi connectivity index (χ0v) is 22.2. The molecule has 1 aromatic rings. The van der Waals surface area contributed by atoms with Crippen LogP contribution in [-0.4, -0.2) is 58.0 Å². The van der Waals surface area contributed by atoms with E-state index >= 15 is 0 Å². The first kappa shape index (κ1) is 24.0. The van der Waals surface area contributed by atoms with E-state index in [1.165, 1.54) is 26.2 Å². The van der Waals surface area contributed by atoms with Gasteiger partial charge in [-0.25, -0.2) is 9.59 Å². The third-order valence-electron chi connectivity index (χ3n) is 10.9. The molecule has 9 heteroatoms. The van der Waals surface area contributed by atoms with Crippen LogP contribution in [0.4, 0.5) is 0 Å². The molecule has 3 aliphatic heterocycles. The van der Waals surface area contributed by atoms with Crippen molar-refractivity contribution >= 4 is 23.8 Å². The summed E-state index contributed by atoms with van der Waals surface area (Å²) < 4.78 is 23.9. The highest BCUT2D eigenvalue weighted by Gasteiger charge is 2.94. The number of carbonyl (C=O) groups excluding carboxylic acids is 3. The molecule has 1 spiro atoms. The van der Waals surface area contributed by atoms with Crippen molar-refractivity contribution in [2.75, 3.05) is 7.11 Å². The van der Waals surface area contributed by atoms with E-state index in [1.807, 2.05) is 0 Å². The van der Waals surface area contributed by atoms with Gasteiger partial charge in [-0.3, -0.25) is 4.79 Å². The van der Waals surface area contributed by atoms with Gasteiger partial charge in [-0.05, 0) is 55.4 Å². The van der Waals surface area contributed by atoms with Crippen LogP contribution in [0, 0.1) is 22.7 Å². The van der Waals surface area contributed by atoms with E-state index in [4.69, 9.17) is 18.9 Å². The number of aliphatic hydroxyl groups is 1. The maximum absolute atomic E-state index is 13.8. The van der Waals surface area contributed by atoms with Gasteiger partial charge in [-0.2, -0.15) is 0 Å². The van der Waals surface area contributed by atoms with Crippen molar-refractivity contribution in [3.63, 3.8) is 0 Å². The van der Waals surface area contributed by atoms with Gasteiger partial charge in [0.15, 0.2) is 17.5 Å². The van der Waals surface area contributed by atoms with Gasteiger partial charge in [0, 0.05) is 6.07 Å². The Balaban J connectivity index is 1.48. The topological polar surface area (TPSA) is 129 Å². The van der Waals surface area contributed by atoms with E-state index in [9.17, 15) is 24.6 Å². The molecule has 202 valence electrons. The Hall–Kier alpha value is -3.07. The predicted molar refractivity (Wildman–Crippen MR) is 132 cm³/mol. The molecule has 7 rings (SSSR count). The fraction of sp³-hybridized carbons (Fsp3) is 0.621. The van der Waals surface area contributed by atoms with Gasteiger partial charge in [-0.1, -0.05) is 27.2 Å². The van der Waals surface area contributed by atoms with Gasteiger partial charge >= 0.3 is 11.9 Å². The van der Waals surface area contributed by atoms with Gasteiger partial charge in [0.2, 0.25) is 11.2 Å². The zero-order chi connectivity index (χ0) is 27.2. The summed E-state index contributed by atoms with van der Waals surface area (Å²) in [4.78, 5) is 39.4. The van der Waals surface area contributed by atoms with Gasteiger partial charge in [-0.15, -0.1) is 0 Å². The highest BCUT2D eigenvalue weighted by atomic mass is 16.7. The molecule has 38 heavy (non-hydrogen) atoms. The maximum Gasteiger partial charge on any atom is 0.344 e. The SMILES string of the molecule is COc1cc2c(c(O)c1C(C)=O)C=C1C(=O)O[C@@H]3C1(O2)[C@]1(O)C(=O)O[C@]32CC[C@@H]3C(C)(C)CCC[C@@]3(C)[C@@H]21. The number of phenolic OH excluding ortho intramolecular Hbond substituents is 1. The molecule has 0 radical (unpaired) electrons. The van der Waals surface area contributed by atoms with Crippen molar-refractivity contribution in [2.24, 2.45) is 22.7 Å². The Kier molecular flexibility index (Phi) is 4.25. The van der Waals surface area contributed by atoms with Crippen LogP contribution in [0.1, 0.15) is 75.7 Å². The van der Waals surface area contributed by atoms with E-state index in [0.717, 1.165) is 25.7 Å². The minimum absolute atomic E-state index is 0.000435. The highest BCUT2D eigenvalue weighted by Crippen LogP contribution is 2.77. The Bertz CT molecular complexity index is 1390. The number of fused-ring (bicyclic) bond motifs is 2. The number of carbonyl (C=O) groups is 3. The fourth-order valence-electron chi connectivity index (χ4n) is 9.74. The number of aromatic hydroxyl groups is 1. The molecule has 9 nitrogen and oxygen atoms in total. The lowest BCUT2D eigenvalue weighted by atomic mass is 9.44. The largest absolute Gasteiger partial charge is 0.506 e. The van der Waals surface area contributed by atoms with Crippen molar-refractivity contribution in [3.8, 4) is 17.2 Å². The van der Waals surface area contributed by atoms with Crippen LogP contribution >= 0.6 is 0 Å². The Labute approximate surface area is 220 Å². The third-order valence-corrected chi connectivity index (χ3v) is 10.9. The van der Waals surface area contributed by atoms with Crippen LogP contribution in [0.3, 0.4) is 0 Å². The second kappa shape index (κ2) is 6.73. The van der Waals surface area contributed by atoms with Crippen molar-refractivity contribution in [3.05, 3.63) is 22.8 Å². The Morgan fingerprint density at radius 1 is 1.13 bits per heavy atom. The summed E-state index contributed by atoms with van der Waals surface area (Å²) in [6.07, 6.45) is 4.33. The van der Waals surface area contributed by atoms with Gasteiger partial charge in [0.1, 0.15) is 22.8 Å². The van der Waals surface area contributed by atoms with Crippen LogP contribution in [-0.2, 0) is 19.1 Å². The van der Waals surface area contributed by atoms with E-state index < -0.39 is 57.7 Å². The summed E-state index contributed by atoms with van der Waals surface area (Å²) in [7, 11) is 1.36. The smallest absolute Gasteiger partial charge is 0.344 e. The average Bonchev–Trinajstić information content (AvgIpc) is 3.34. The van der Waals surface area contributed by atoms with Crippen LogP contribution < -0.4 is 9.47 Å². The summed E-state index contributed by atoms with van der Waals surface area (Å²) >= 11 is 0. The van der Waals surface area contributed by atoms with Crippen molar-refractivity contribution in [1.29, 1.82) is 0 Å². The summed E-state index contributed by atoms with van der Waals surface area (Å²) in [6, 6.07) is 1.45. The number of hydrogen-bond acceptors (Lipinski definition) is 9. The number of hydrogen-bond donors (Lipinski definition) is 2. The maximum atomic E-state index is 13.8. The lowest BCUT2D eigenvalue weighted by molar-refractivity contribution is -0.214. The number of phenols is 1. The number of ether oxygens (including phenoxy) is 4. The first-order valence-corrected chi connectivity index (χ1v) is 13.3. The van der Waals surface area contributed by atoms with E-state index in [-0.39, 0.29) is 39.5 Å². The minimum atomic E-state index is -2.20. The Morgan fingerprint density at radius 3 is 2.55 bits per heavy atom. The average molecular weight is 525 g/mol. The quantitative estimate of drug-likeness (QED) is 0.442. The summed E-state index contributed by atoms with van der Waals surface area (Å²) in [5.74, 6) is -2.66. The molecule has 2 saturated heterocycles. The number of Topliss-reactive ketones (excluding diaryl/α,β-unsaturated/α-hetero) is 1. The Morgan fingerprint density at radius 2 is 1.87 bits per heavy atom. The molecule has 2 bridgehead atoms. The number of ketones is 1. The lowest BCUT2D eigenvalue weighted by Crippen LogP contribution is -2.68. The molecular formula is C29H32O9. The van der Waals surface area contributed by atoms with E-state index in [1.54, 1.807) is 0 Å². The molecule has 3 saturated carbocycles. The summed E-state index contributed by atoms with van der Waals surface area (Å²) in [6.45, 7) is 7.92. The van der Waals surface area contributed by atoms with Gasteiger partial charge < -0.3 is 29.2 Å². The van der Waals surface area contributed by atoms with Crippen molar-refractivity contribution in [1.82, 2.24) is 0 Å². The van der Waals surface area contributed by atoms with E-state index in [2.05, 4.69) is 20.8 Å². The van der Waals surface area contributed by atoms with E-state index in [0.29, 0.717) is 6.42 Å². The van der Waals surface area contributed by atoms with Crippen LogP contribution in [0.25, 0.3) is 6.08 Å². The van der Waals surface area contributed by atoms with Gasteiger partial charge in [0.05, 0.1) is 24.2 Å². The molecule has 5 fully saturated rings. The molecule has 0 amide bonds. The minimum Gasteiger partial charge on any atom is -0.506 e. The fourth-order valence-corrected chi connectivity index (χ4v) is 9.74. The highest BCUT2D eigenvalue weighted by molar-refractivity contribution is 6.07. The third kappa shape index (κ3) is 2.26. The zero-order valence-electron chi connectivity index (χ0n) is 22.2. The standard InChI is InChI=1S/C29H32O9/c1-13(30)19-17(35-5)12-16-14(20(19)31)11-15-21(32)36-23-27-10-7-18-25(2,3)8-6-9-26(18,4)22(27)28(34,24(33)38-27)29(15,23)37-16/h11-12,18,22-23,31,34H,6-10H2,1-5H3/t18-,22+,23+,26-,27+,28-,29?/m1/s1. The monoisotopic (exact) mass is 524 g/mol. The molecule has 3 heterocycles. The lowest BCUT2D eigenvalue weighted by Gasteiger charge is -2.59. The second-order valence-electron chi connectivity index (χ2n) is 12.9. The summed E-state index contributed by atoms with van der Waals surface area (Å²) in [5.41, 5.74) is -5.77. The molecule has 1 aromatic carbocycles. The molecule has 7 atom stereocenters. The number of esters is 2. The number of benzene rings is 1. The summed E-state index contributed by atoms with van der Waals surface area (Å²) in [5, 5.41) is 23.7.